The molecule has 0 heterocycles. The molecular formula is C13H18ClN. The van der Waals surface area contributed by atoms with E-state index in [-0.39, 0.29) is 0 Å². The van der Waals surface area contributed by atoms with E-state index in [1.807, 2.05) is 12.1 Å². The summed E-state index contributed by atoms with van der Waals surface area (Å²) in [5.74, 6) is 1.45. The fourth-order valence-electron chi connectivity index (χ4n) is 2.49. The first-order valence-corrected chi connectivity index (χ1v) is 6.13. The van der Waals surface area contributed by atoms with Crippen molar-refractivity contribution in [3.05, 3.63) is 34.9 Å². The zero-order chi connectivity index (χ0) is 10.7. The van der Waals surface area contributed by atoms with E-state index >= 15 is 0 Å². The molecule has 0 bridgehead atoms. The van der Waals surface area contributed by atoms with Crippen molar-refractivity contribution in [2.45, 2.75) is 31.6 Å². The summed E-state index contributed by atoms with van der Waals surface area (Å²) in [6.07, 6.45) is 5.08. The zero-order valence-electron chi connectivity index (χ0n) is 8.95. The van der Waals surface area contributed by atoms with Crippen molar-refractivity contribution < 1.29 is 0 Å². The monoisotopic (exact) mass is 223 g/mol. The van der Waals surface area contributed by atoms with E-state index in [0.717, 1.165) is 17.5 Å². The molecule has 1 aliphatic carbocycles. The lowest BCUT2D eigenvalue weighted by Gasteiger charge is -2.27. The van der Waals surface area contributed by atoms with Crippen molar-refractivity contribution >= 4 is 11.6 Å². The van der Waals surface area contributed by atoms with Crippen molar-refractivity contribution in [1.82, 2.24) is 0 Å². The van der Waals surface area contributed by atoms with Gasteiger partial charge in [0.05, 0.1) is 0 Å². The van der Waals surface area contributed by atoms with E-state index in [4.69, 9.17) is 17.3 Å². The average Bonchev–Trinajstić information content (AvgIpc) is 2.29. The molecule has 0 amide bonds. The minimum Gasteiger partial charge on any atom is -0.330 e. The van der Waals surface area contributed by atoms with Gasteiger partial charge in [-0.05, 0) is 61.8 Å². The van der Waals surface area contributed by atoms with Gasteiger partial charge in [0.1, 0.15) is 0 Å². The van der Waals surface area contributed by atoms with Crippen LogP contribution in [0, 0.1) is 5.92 Å². The minimum absolute atomic E-state index is 0.700. The van der Waals surface area contributed by atoms with Gasteiger partial charge in [-0.3, -0.25) is 0 Å². The van der Waals surface area contributed by atoms with E-state index in [1.165, 1.54) is 31.2 Å². The predicted octanol–water partition coefficient (Wildman–Crippen LogP) is 3.57. The van der Waals surface area contributed by atoms with Crippen LogP contribution in [0.3, 0.4) is 0 Å². The standard InChI is InChI=1S/C13H18ClN/c14-13-3-1-2-12(8-13)11-6-4-10(9-15)5-7-11/h1-3,8,10-11H,4-7,9,15H2. The van der Waals surface area contributed by atoms with Gasteiger partial charge in [-0.25, -0.2) is 0 Å². The number of rotatable bonds is 2. The average molecular weight is 224 g/mol. The first-order valence-electron chi connectivity index (χ1n) is 5.75. The molecule has 82 valence electrons. The first kappa shape index (κ1) is 11.0. The largest absolute Gasteiger partial charge is 0.330 e. The third-order valence-electron chi connectivity index (χ3n) is 3.50. The number of nitrogens with two attached hydrogens (primary N) is 1. The lowest BCUT2D eigenvalue weighted by Crippen LogP contribution is -2.20. The van der Waals surface area contributed by atoms with E-state index in [0.29, 0.717) is 5.92 Å². The minimum atomic E-state index is 0.700. The van der Waals surface area contributed by atoms with Gasteiger partial charge in [0.2, 0.25) is 0 Å². The van der Waals surface area contributed by atoms with E-state index in [2.05, 4.69) is 12.1 Å². The molecule has 0 aromatic heterocycles. The molecule has 0 aliphatic heterocycles. The second kappa shape index (κ2) is 5.00. The Balaban J connectivity index is 2.01. The maximum Gasteiger partial charge on any atom is 0.0408 e. The van der Waals surface area contributed by atoms with Gasteiger partial charge in [0.25, 0.3) is 0 Å². The Morgan fingerprint density at radius 2 is 1.93 bits per heavy atom. The molecule has 0 spiro atoms. The van der Waals surface area contributed by atoms with Crippen LogP contribution < -0.4 is 5.73 Å². The molecule has 2 N–H and O–H groups in total. The maximum absolute atomic E-state index is 6.00. The summed E-state index contributed by atoms with van der Waals surface area (Å²) >= 11 is 6.00. The van der Waals surface area contributed by atoms with E-state index in [9.17, 15) is 0 Å². The molecule has 0 atom stereocenters. The number of hydrogen-bond donors (Lipinski definition) is 1. The third kappa shape index (κ3) is 2.73. The molecule has 1 aromatic rings. The van der Waals surface area contributed by atoms with Crippen LogP contribution in [0.2, 0.25) is 5.02 Å². The van der Waals surface area contributed by atoms with E-state index < -0.39 is 0 Å². The molecule has 1 nitrogen and oxygen atoms in total. The molecule has 2 heteroatoms. The molecule has 1 aliphatic rings. The van der Waals surface area contributed by atoms with E-state index in [1.54, 1.807) is 0 Å². The molecule has 0 radical (unpaired) electrons. The quantitative estimate of drug-likeness (QED) is 0.815. The summed E-state index contributed by atoms with van der Waals surface area (Å²) in [5, 5.41) is 0.855. The van der Waals surface area contributed by atoms with Crippen LogP contribution in [-0.2, 0) is 0 Å². The zero-order valence-corrected chi connectivity index (χ0v) is 9.71. The fraction of sp³-hybridized carbons (Fsp3) is 0.538. The van der Waals surface area contributed by atoms with Gasteiger partial charge >= 0.3 is 0 Å². The number of halogens is 1. The number of benzene rings is 1. The summed E-state index contributed by atoms with van der Waals surface area (Å²) in [7, 11) is 0. The highest BCUT2D eigenvalue weighted by atomic mass is 35.5. The van der Waals surface area contributed by atoms with Crippen LogP contribution in [-0.4, -0.2) is 6.54 Å². The lowest BCUT2D eigenvalue weighted by molar-refractivity contribution is 0.333. The van der Waals surface area contributed by atoms with Gasteiger partial charge in [-0.2, -0.15) is 0 Å². The van der Waals surface area contributed by atoms with Crippen LogP contribution in [0.15, 0.2) is 24.3 Å². The maximum atomic E-state index is 6.00. The van der Waals surface area contributed by atoms with Gasteiger partial charge in [-0.15, -0.1) is 0 Å². The Labute approximate surface area is 96.6 Å². The first-order chi connectivity index (χ1) is 7.29. The Morgan fingerprint density at radius 3 is 2.53 bits per heavy atom. The van der Waals surface area contributed by atoms with Gasteiger partial charge in [0.15, 0.2) is 0 Å². The normalized spacial score (nSPS) is 26.5. The topological polar surface area (TPSA) is 26.0 Å². The highest BCUT2D eigenvalue weighted by molar-refractivity contribution is 6.30. The number of hydrogen-bond acceptors (Lipinski definition) is 1. The van der Waals surface area contributed by atoms with Crippen molar-refractivity contribution in [3.63, 3.8) is 0 Å². The summed E-state index contributed by atoms with van der Waals surface area (Å²) in [4.78, 5) is 0. The summed E-state index contributed by atoms with van der Waals surface area (Å²) in [6.45, 7) is 0.849. The highest BCUT2D eigenvalue weighted by Crippen LogP contribution is 2.35. The molecule has 1 saturated carbocycles. The molecule has 1 aromatic carbocycles. The van der Waals surface area contributed by atoms with Crippen LogP contribution in [0.1, 0.15) is 37.2 Å². The van der Waals surface area contributed by atoms with Crippen LogP contribution in [0.4, 0.5) is 0 Å². The van der Waals surface area contributed by atoms with Gasteiger partial charge < -0.3 is 5.73 Å². The Hall–Kier alpha value is -0.530. The Morgan fingerprint density at radius 1 is 1.20 bits per heavy atom. The van der Waals surface area contributed by atoms with Crippen LogP contribution >= 0.6 is 11.6 Å². The van der Waals surface area contributed by atoms with Crippen molar-refractivity contribution in [2.24, 2.45) is 11.7 Å². The molecular weight excluding hydrogens is 206 g/mol. The molecule has 15 heavy (non-hydrogen) atoms. The second-order valence-corrected chi connectivity index (χ2v) is 4.94. The Bertz CT molecular complexity index is 316. The molecule has 0 unspecified atom stereocenters. The SMILES string of the molecule is NCC1CCC(c2cccc(Cl)c2)CC1. The second-order valence-electron chi connectivity index (χ2n) is 4.51. The molecule has 0 saturated heterocycles. The van der Waals surface area contributed by atoms with Gasteiger partial charge in [-0.1, -0.05) is 23.7 Å². The van der Waals surface area contributed by atoms with Crippen molar-refractivity contribution in [1.29, 1.82) is 0 Å². The van der Waals surface area contributed by atoms with Crippen LogP contribution in [0.25, 0.3) is 0 Å². The smallest absolute Gasteiger partial charge is 0.0408 e. The Kier molecular flexibility index (Phi) is 3.66. The van der Waals surface area contributed by atoms with Crippen molar-refractivity contribution in [2.75, 3.05) is 6.54 Å². The highest BCUT2D eigenvalue weighted by Gasteiger charge is 2.21. The fourth-order valence-corrected chi connectivity index (χ4v) is 2.69. The predicted molar refractivity (Wildman–Crippen MR) is 65.2 cm³/mol. The third-order valence-corrected chi connectivity index (χ3v) is 3.74. The van der Waals surface area contributed by atoms with Gasteiger partial charge in [0, 0.05) is 5.02 Å². The van der Waals surface area contributed by atoms with Crippen LogP contribution in [0.5, 0.6) is 0 Å². The summed E-state index contributed by atoms with van der Waals surface area (Å²) in [5.41, 5.74) is 7.09. The lowest BCUT2D eigenvalue weighted by atomic mass is 9.79. The summed E-state index contributed by atoms with van der Waals surface area (Å²) < 4.78 is 0. The summed E-state index contributed by atoms with van der Waals surface area (Å²) in [6, 6.07) is 8.29. The molecule has 2 rings (SSSR count). The van der Waals surface area contributed by atoms with Crippen molar-refractivity contribution in [3.8, 4) is 0 Å². The molecule has 1 fully saturated rings.